The highest BCUT2D eigenvalue weighted by Crippen LogP contribution is 2.34. The number of β-amino-alcohol motifs (C(OH)–C–C–N with tert-alkyl or cyclic N) is 1. The Labute approximate surface area is 282 Å². The van der Waals surface area contributed by atoms with E-state index in [1.165, 1.54) is 0 Å². The summed E-state index contributed by atoms with van der Waals surface area (Å²) in [5, 5.41) is 28.4. The molecule has 0 spiro atoms. The van der Waals surface area contributed by atoms with E-state index in [-0.39, 0.29) is 49.7 Å². The van der Waals surface area contributed by atoms with E-state index in [1.807, 2.05) is 42.5 Å². The number of hydrogen-bond acceptors (Lipinski definition) is 12. The Morgan fingerprint density at radius 1 is 0.979 bits per heavy atom. The summed E-state index contributed by atoms with van der Waals surface area (Å²) in [5.41, 5.74) is 1.99. The fourth-order valence-corrected chi connectivity index (χ4v) is 6.63. The van der Waals surface area contributed by atoms with Crippen molar-refractivity contribution in [3.8, 4) is 11.5 Å². The summed E-state index contributed by atoms with van der Waals surface area (Å²) in [6.07, 6.45) is 3.45. The first kappa shape index (κ1) is 36.3. The molecule has 0 radical (unpaired) electrons. The Kier molecular flexibility index (Phi) is 14.1. The topological polar surface area (TPSA) is 143 Å². The van der Waals surface area contributed by atoms with Gasteiger partial charge in [-0.3, -0.25) is 20.0 Å². The minimum atomic E-state index is -0.917. The van der Waals surface area contributed by atoms with Gasteiger partial charge in [-0.25, -0.2) is 0 Å². The zero-order valence-corrected chi connectivity index (χ0v) is 27.9. The molecule has 266 valence electrons. The molecule has 2 heterocycles. The number of unbranched alkanes of at least 4 members (excludes halogenated alkanes) is 1. The van der Waals surface area contributed by atoms with E-state index < -0.39 is 18.3 Å². The van der Waals surface area contributed by atoms with Crippen molar-refractivity contribution < 1.29 is 48.8 Å². The van der Waals surface area contributed by atoms with Crippen molar-refractivity contribution in [2.75, 3.05) is 58.0 Å². The molecule has 2 aliphatic heterocycles. The number of carbonyl (C=O) groups excluding carboxylic acids is 1. The standard InChI is InChI=1S/C35H51N3O10/c1-43-19-7-17-36-18-21-44-32-16-11-26(22-30(32)36)25-45-33-24-37(34(40)10-5-6-20-46-38(41)42)23-31(39)35(33)48-29-14-12-28(13-15-29)47-27-8-3-2-4-9-27/h2-4,8-9,11,16,22,28-29,31,33,35,39,41-42H,5-7,10,12-15,17-21,23-25H2,1H3. The molecule has 5 rings (SSSR count). The lowest BCUT2D eigenvalue weighted by molar-refractivity contribution is -0.492. The molecule has 1 amide bonds. The molecule has 2 aromatic rings. The van der Waals surface area contributed by atoms with Gasteiger partial charge >= 0.3 is 0 Å². The van der Waals surface area contributed by atoms with Crippen LogP contribution in [0.3, 0.4) is 0 Å². The van der Waals surface area contributed by atoms with Crippen LogP contribution in [0.1, 0.15) is 56.9 Å². The molecular weight excluding hydrogens is 622 g/mol. The number of rotatable bonds is 17. The smallest absolute Gasteiger partial charge is 0.222 e. The maximum atomic E-state index is 13.2. The van der Waals surface area contributed by atoms with Gasteiger partial charge in [-0.2, -0.15) is 0 Å². The van der Waals surface area contributed by atoms with Crippen LogP contribution in [0.2, 0.25) is 0 Å². The second-order valence-electron chi connectivity index (χ2n) is 12.7. The number of aliphatic hydroxyl groups is 1. The Balaban J connectivity index is 1.21. The Bertz CT molecular complexity index is 1250. The normalized spacial score (nSPS) is 24.3. The van der Waals surface area contributed by atoms with Crippen LogP contribution in [0.5, 0.6) is 11.5 Å². The lowest BCUT2D eigenvalue weighted by atomic mass is 9.93. The van der Waals surface area contributed by atoms with Gasteiger partial charge in [0.1, 0.15) is 36.4 Å². The highest BCUT2D eigenvalue weighted by Gasteiger charge is 2.41. The van der Waals surface area contributed by atoms with Crippen molar-refractivity contribution in [3.63, 3.8) is 0 Å². The zero-order chi connectivity index (χ0) is 33.7. The number of amides is 1. The first-order valence-electron chi connectivity index (χ1n) is 17.1. The van der Waals surface area contributed by atoms with Crippen molar-refractivity contribution in [3.05, 3.63) is 54.1 Å². The van der Waals surface area contributed by atoms with Crippen LogP contribution in [0, 0.1) is 0 Å². The zero-order valence-electron chi connectivity index (χ0n) is 27.9. The van der Waals surface area contributed by atoms with Gasteiger partial charge in [-0.15, -0.1) is 0 Å². The quantitative estimate of drug-likeness (QED) is 0.165. The number of benzene rings is 2. The van der Waals surface area contributed by atoms with E-state index in [1.54, 1.807) is 12.0 Å². The summed E-state index contributed by atoms with van der Waals surface area (Å²) in [7, 11) is 1.71. The number of methoxy groups -OCH3 is 1. The summed E-state index contributed by atoms with van der Waals surface area (Å²) in [6.45, 7) is 3.78. The molecule has 1 saturated carbocycles. The number of nitrogens with zero attached hydrogens (tertiary/aromatic N) is 3. The van der Waals surface area contributed by atoms with Crippen LogP contribution in [0.15, 0.2) is 48.5 Å². The second kappa shape index (κ2) is 18.7. The molecule has 0 bridgehead atoms. The van der Waals surface area contributed by atoms with Crippen molar-refractivity contribution >= 4 is 11.6 Å². The molecule has 2 fully saturated rings. The molecular formula is C35H51N3O10. The van der Waals surface area contributed by atoms with Gasteiger partial charge in [0.15, 0.2) is 0 Å². The van der Waals surface area contributed by atoms with Crippen LogP contribution in [0.25, 0.3) is 0 Å². The van der Waals surface area contributed by atoms with Crippen molar-refractivity contribution in [1.29, 1.82) is 0 Å². The van der Waals surface area contributed by atoms with Gasteiger partial charge in [-0.05, 0) is 74.8 Å². The number of ether oxygens (including phenoxy) is 5. The second-order valence-corrected chi connectivity index (χ2v) is 12.7. The number of likely N-dealkylation sites (tertiary alicyclic amines) is 1. The fraction of sp³-hybridized carbons (Fsp3) is 0.629. The lowest BCUT2D eigenvalue weighted by Crippen LogP contribution is -2.59. The minimum Gasteiger partial charge on any atom is -0.490 e. The van der Waals surface area contributed by atoms with Crippen LogP contribution in [-0.2, 0) is 30.4 Å². The Morgan fingerprint density at radius 2 is 1.77 bits per heavy atom. The van der Waals surface area contributed by atoms with Gasteiger partial charge < -0.3 is 38.6 Å². The molecule has 48 heavy (non-hydrogen) atoms. The van der Waals surface area contributed by atoms with Gasteiger partial charge in [0, 0.05) is 39.8 Å². The first-order chi connectivity index (χ1) is 23.4. The molecule has 3 N–H and O–H groups in total. The van der Waals surface area contributed by atoms with Gasteiger partial charge in [0.05, 0.1) is 43.0 Å². The van der Waals surface area contributed by atoms with Crippen LogP contribution in [0.4, 0.5) is 5.69 Å². The molecule has 3 unspecified atom stereocenters. The summed E-state index contributed by atoms with van der Waals surface area (Å²) < 4.78 is 30.4. The number of anilines is 1. The average Bonchev–Trinajstić information content (AvgIpc) is 3.09. The highest BCUT2D eigenvalue weighted by molar-refractivity contribution is 5.76. The Morgan fingerprint density at radius 3 is 2.54 bits per heavy atom. The number of aliphatic hydroxyl groups excluding tert-OH is 1. The molecule has 1 aliphatic carbocycles. The van der Waals surface area contributed by atoms with Crippen molar-refractivity contribution in [1.82, 2.24) is 10.3 Å². The fourth-order valence-electron chi connectivity index (χ4n) is 6.63. The molecule has 0 aromatic heterocycles. The third-order valence-electron chi connectivity index (χ3n) is 9.14. The molecule has 3 atom stereocenters. The van der Waals surface area contributed by atoms with E-state index in [0.29, 0.717) is 32.6 Å². The van der Waals surface area contributed by atoms with Crippen LogP contribution >= 0.6 is 0 Å². The predicted molar refractivity (Wildman–Crippen MR) is 175 cm³/mol. The maximum Gasteiger partial charge on any atom is 0.222 e. The number of carbonyl (C=O) groups is 1. The largest absolute Gasteiger partial charge is 0.490 e. The highest BCUT2D eigenvalue weighted by atomic mass is 17.1. The number of piperidine rings is 1. The molecule has 3 aliphatic rings. The minimum absolute atomic E-state index is 0.0483. The van der Waals surface area contributed by atoms with E-state index in [0.717, 1.165) is 67.9 Å². The summed E-state index contributed by atoms with van der Waals surface area (Å²) in [5.74, 6) is 1.60. The van der Waals surface area contributed by atoms with E-state index in [2.05, 4.69) is 15.8 Å². The van der Waals surface area contributed by atoms with Crippen LogP contribution < -0.4 is 14.4 Å². The monoisotopic (exact) mass is 673 g/mol. The average molecular weight is 674 g/mol. The number of para-hydroxylation sites is 1. The van der Waals surface area contributed by atoms with Crippen molar-refractivity contribution in [2.45, 2.75) is 88.5 Å². The van der Waals surface area contributed by atoms with Gasteiger partial charge in [-0.1, -0.05) is 24.3 Å². The third kappa shape index (κ3) is 10.7. The van der Waals surface area contributed by atoms with E-state index >= 15 is 0 Å². The molecule has 13 heteroatoms. The van der Waals surface area contributed by atoms with Gasteiger partial charge in [0.2, 0.25) is 5.91 Å². The lowest BCUT2D eigenvalue weighted by Gasteiger charge is -2.43. The molecule has 13 nitrogen and oxygen atoms in total. The van der Waals surface area contributed by atoms with Crippen molar-refractivity contribution in [2.24, 2.45) is 0 Å². The summed E-state index contributed by atoms with van der Waals surface area (Å²) in [6, 6.07) is 15.9. The third-order valence-corrected chi connectivity index (χ3v) is 9.14. The summed E-state index contributed by atoms with van der Waals surface area (Å²) in [4.78, 5) is 21.7. The predicted octanol–water partition coefficient (Wildman–Crippen LogP) is 3.97. The molecule has 2 aromatic carbocycles. The molecule has 1 saturated heterocycles. The summed E-state index contributed by atoms with van der Waals surface area (Å²) >= 11 is 0. The number of hydrogen-bond donors (Lipinski definition) is 3. The maximum absolute atomic E-state index is 13.2. The van der Waals surface area contributed by atoms with Crippen LogP contribution in [-0.4, -0.2) is 115 Å². The Hall–Kier alpha value is -3.01. The van der Waals surface area contributed by atoms with Gasteiger partial charge in [0.25, 0.3) is 0 Å². The number of fused-ring (bicyclic) bond motifs is 1. The van der Waals surface area contributed by atoms with E-state index in [4.69, 9.17) is 34.1 Å². The SMILES string of the molecule is COCCCN1CCOc2ccc(COC3CN(C(=O)CCCCON(O)O)CC(O)C3OC3CCC(Oc4ccccc4)CC3)cc21. The first-order valence-corrected chi connectivity index (χ1v) is 17.1. The van der Waals surface area contributed by atoms with E-state index in [9.17, 15) is 9.90 Å².